The van der Waals surface area contributed by atoms with E-state index in [1.165, 1.54) is 5.56 Å². The van der Waals surface area contributed by atoms with Crippen LogP contribution >= 0.6 is 24.2 Å². The minimum Gasteiger partial charge on any atom is -0.334 e. The van der Waals surface area contributed by atoms with Gasteiger partial charge < -0.3 is 10.2 Å². The molecule has 0 radical (unpaired) electrons. The fraction of sp³-hybridized carbons (Fsp3) is 0.500. The van der Waals surface area contributed by atoms with Gasteiger partial charge in [-0.2, -0.15) is 11.8 Å². The Morgan fingerprint density at radius 1 is 1.42 bits per heavy atom. The van der Waals surface area contributed by atoms with E-state index in [-0.39, 0.29) is 24.4 Å². The lowest BCUT2D eigenvalue weighted by Gasteiger charge is -2.36. The number of rotatable bonds is 4. The van der Waals surface area contributed by atoms with Gasteiger partial charge in [-0.1, -0.05) is 30.3 Å². The third kappa shape index (κ3) is 4.41. The first-order valence-corrected chi connectivity index (χ1v) is 7.55. The molecule has 106 valence electrons. The predicted octanol–water partition coefficient (Wildman–Crippen LogP) is 2.33. The van der Waals surface area contributed by atoms with Crippen LogP contribution in [-0.2, 0) is 4.79 Å². The average molecular weight is 301 g/mol. The largest absolute Gasteiger partial charge is 0.334 e. The standard InChI is InChI=1S/C14H20N2OS.ClH/c1-15-8-7-14(17)16-9-10-18-11-13(16)12-5-3-2-4-6-12;/h2-6,13,15H,7-11H2,1H3;1H. The molecule has 1 aromatic rings. The van der Waals surface area contributed by atoms with Gasteiger partial charge in [-0.25, -0.2) is 0 Å². The summed E-state index contributed by atoms with van der Waals surface area (Å²) in [4.78, 5) is 14.3. The van der Waals surface area contributed by atoms with Crippen molar-refractivity contribution in [2.24, 2.45) is 0 Å². The van der Waals surface area contributed by atoms with Crippen LogP contribution < -0.4 is 5.32 Å². The van der Waals surface area contributed by atoms with Crippen LogP contribution in [0.15, 0.2) is 30.3 Å². The molecule has 0 bridgehead atoms. The maximum atomic E-state index is 12.2. The van der Waals surface area contributed by atoms with Crippen LogP contribution in [-0.4, -0.2) is 42.4 Å². The number of nitrogens with zero attached hydrogens (tertiary/aromatic N) is 1. The number of nitrogens with one attached hydrogen (secondary N) is 1. The van der Waals surface area contributed by atoms with Crippen LogP contribution in [0.4, 0.5) is 0 Å². The van der Waals surface area contributed by atoms with E-state index in [9.17, 15) is 4.79 Å². The van der Waals surface area contributed by atoms with Crippen LogP contribution in [0.5, 0.6) is 0 Å². The van der Waals surface area contributed by atoms with Gasteiger partial charge in [-0.3, -0.25) is 4.79 Å². The number of carbonyl (C=O) groups is 1. The molecule has 1 saturated heterocycles. The van der Waals surface area contributed by atoms with Gasteiger partial charge >= 0.3 is 0 Å². The Labute approximate surface area is 125 Å². The summed E-state index contributed by atoms with van der Waals surface area (Å²) in [5.74, 6) is 2.32. The summed E-state index contributed by atoms with van der Waals surface area (Å²) in [7, 11) is 1.88. The monoisotopic (exact) mass is 300 g/mol. The molecule has 1 aliphatic rings. The molecule has 3 nitrogen and oxygen atoms in total. The normalized spacial score (nSPS) is 18.8. The molecule has 1 N–H and O–H groups in total. The molecule has 1 heterocycles. The Hall–Kier alpha value is -0.710. The molecule has 0 aliphatic carbocycles. The maximum Gasteiger partial charge on any atom is 0.224 e. The minimum absolute atomic E-state index is 0. The molecule has 0 saturated carbocycles. The van der Waals surface area contributed by atoms with Gasteiger partial charge in [0.2, 0.25) is 5.91 Å². The molecule has 1 aliphatic heterocycles. The van der Waals surface area contributed by atoms with Crippen molar-refractivity contribution in [1.82, 2.24) is 10.2 Å². The number of carbonyl (C=O) groups excluding carboxylic acids is 1. The molecular formula is C14H21ClN2OS. The summed E-state index contributed by atoms with van der Waals surface area (Å²) < 4.78 is 0. The summed E-state index contributed by atoms with van der Waals surface area (Å²) in [5.41, 5.74) is 1.25. The van der Waals surface area contributed by atoms with Gasteiger partial charge in [-0.05, 0) is 12.6 Å². The summed E-state index contributed by atoms with van der Waals surface area (Å²) >= 11 is 1.93. The van der Waals surface area contributed by atoms with E-state index in [4.69, 9.17) is 0 Å². The van der Waals surface area contributed by atoms with Crippen molar-refractivity contribution in [1.29, 1.82) is 0 Å². The molecule has 1 unspecified atom stereocenters. The van der Waals surface area contributed by atoms with Crippen molar-refractivity contribution < 1.29 is 4.79 Å². The molecule has 1 atom stereocenters. The van der Waals surface area contributed by atoms with Gasteiger partial charge in [0.25, 0.3) is 0 Å². The van der Waals surface area contributed by atoms with Crippen LogP contribution in [0, 0.1) is 0 Å². The lowest BCUT2D eigenvalue weighted by Crippen LogP contribution is -2.41. The van der Waals surface area contributed by atoms with Gasteiger partial charge in [0.05, 0.1) is 6.04 Å². The van der Waals surface area contributed by atoms with E-state index in [0.717, 1.165) is 24.6 Å². The topological polar surface area (TPSA) is 32.3 Å². The van der Waals surface area contributed by atoms with Gasteiger partial charge in [0.1, 0.15) is 0 Å². The minimum atomic E-state index is 0. The van der Waals surface area contributed by atoms with Crippen molar-refractivity contribution in [3.8, 4) is 0 Å². The number of thioether (sulfide) groups is 1. The van der Waals surface area contributed by atoms with E-state index in [1.54, 1.807) is 0 Å². The third-order valence-electron chi connectivity index (χ3n) is 3.22. The number of hydrogen-bond acceptors (Lipinski definition) is 3. The van der Waals surface area contributed by atoms with Crippen molar-refractivity contribution in [3.63, 3.8) is 0 Å². The molecule has 19 heavy (non-hydrogen) atoms. The SMILES string of the molecule is CNCCC(=O)N1CCSCC1c1ccccc1.Cl. The third-order valence-corrected chi connectivity index (χ3v) is 4.24. The zero-order valence-corrected chi connectivity index (χ0v) is 12.8. The second-order valence-electron chi connectivity index (χ2n) is 4.44. The molecule has 2 rings (SSSR count). The zero-order valence-electron chi connectivity index (χ0n) is 11.2. The Balaban J connectivity index is 0.00000180. The lowest BCUT2D eigenvalue weighted by molar-refractivity contribution is -0.133. The molecular weight excluding hydrogens is 280 g/mol. The summed E-state index contributed by atoms with van der Waals surface area (Å²) in [5, 5.41) is 3.04. The summed E-state index contributed by atoms with van der Waals surface area (Å²) in [6, 6.07) is 10.6. The first-order chi connectivity index (χ1) is 8.83. The van der Waals surface area contributed by atoms with Gasteiger partial charge in [0.15, 0.2) is 0 Å². The lowest BCUT2D eigenvalue weighted by atomic mass is 10.1. The zero-order chi connectivity index (χ0) is 12.8. The highest BCUT2D eigenvalue weighted by Crippen LogP contribution is 2.29. The van der Waals surface area contributed by atoms with Crippen molar-refractivity contribution in [2.45, 2.75) is 12.5 Å². The average Bonchev–Trinajstić information content (AvgIpc) is 2.45. The highest BCUT2D eigenvalue weighted by atomic mass is 35.5. The Morgan fingerprint density at radius 3 is 2.84 bits per heavy atom. The van der Waals surface area contributed by atoms with Crippen molar-refractivity contribution in [3.05, 3.63) is 35.9 Å². The van der Waals surface area contributed by atoms with Crippen molar-refractivity contribution in [2.75, 3.05) is 31.6 Å². The highest BCUT2D eigenvalue weighted by molar-refractivity contribution is 7.99. The quantitative estimate of drug-likeness (QED) is 0.926. The number of halogens is 1. The number of hydrogen-bond donors (Lipinski definition) is 1. The summed E-state index contributed by atoms with van der Waals surface area (Å²) in [6.07, 6.45) is 0.588. The molecule has 0 spiro atoms. The van der Waals surface area contributed by atoms with Crippen LogP contribution in [0.1, 0.15) is 18.0 Å². The smallest absolute Gasteiger partial charge is 0.224 e. The highest BCUT2D eigenvalue weighted by Gasteiger charge is 2.27. The first-order valence-electron chi connectivity index (χ1n) is 6.39. The predicted molar refractivity (Wildman–Crippen MR) is 84.0 cm³/mol. The van der Waals surface area contributed by atoms with Crippen molar-refractivity contribution >= 4 is 30.1 Å². The van der Waals surface area contributed by atoms with E-state index in [1.807, 2.05) is 41.9 Å². The number of benzene rings is 1. The van der Waals surface area contributed by atoms with Crippen LogP contribution in [0.3, 0.4) is 0 Å². The van der Waals surface area contributed by atoms with E-state index in [2.05, 4.69) is 17.4 Å². The fourth-order valence-electron chi connectivity index (χ4n) is 2.23. The second kappa shape index (κ2) is 8.46. The Morgan fingerprint density at radius 2 is 2.16 bits per heavy atom. The molecule has 1 amide bonds. The maximum absolute atomic E-state index is 12.2. The molecule has 5 heteroatoms. The Kier molecular flexibility index (Phi) is 7.28. The molecule has 1 aromatic carbocycles. The number of amides is 1. The van der Waals surface area contributed by atoms with E-state index < -0.39 is 0 Å². The van der Waals surface area contributed by atoms with E-state index in [0.29, 0.717) is 6.42 Å². The molecule has 0 aromatic heterocycles. The van der Waals surface area contributed by atoms with Crippen LogP contribution in [0.2, 0.25) is 0 Å². The van der Waals surface area contributed by atoms with E-state index >= 15 is 0 Å². The van der Waals surface area contributed by atoms with Gasteiger partial charge in [-0.15, -0.1) is 12.4 Å². The second-order valence-corrected chi connectivity index (χ2v) is 5.59. The van der Waals surface area contributed by atoms with Gasteiger partial charge in [0, 0.05) is 31.0 Å². The Bertz CT molecular complexity index is 388. The summed E-state index contributed by atoms with van der Waals surface area (Å²) in [6.45, 7) is 1.62. The molecule has 1 fully saturated rings. The fourth-order valence-corrected chi connectivity index (χ4v) is 3.32. The first kappa shape index (κ1) is 16.3. The van der Waals surface area contributed by atoms with Crippen LogP contribution in [0.25, 0.3) is 0 Å².